The molecule has 1 aromatic carbocycles. The first kappa shape index (κ1) is 17.9. The van der Waals surface area contributed by atoms with E-state index in [1.54, 1.807) is 0 Å². The zero-order valence-corrected chi connectivity index (χ0v) is 14.1. The molecule has 3 nitrogen and oxygen atoms in total. The van der Waals surface area contributed by atoms with Gasteiger partial charge in [0.05, 0.1) is 12.7 Å². The minimum atomic E-state index is -0.864. The number of carbonyl (C=O) groups excluding carboxylic acids is 1. The van der Waals surface area contributed by atoms with Gasteiger partial charge in [0.1, 0.15) is 0 Å². The molecule has 2 rings (SSSR count). The van der Waals surface area contributed by atoms with Crippen molar-refractivity contribution in [3.05, 3.63) is 35.4 Å². The topological polar surface area (TPSA) is 29.5 Å². The molecule has 1 atom stereocenters. The Labute approximate surface area is 136 Å². The highest BCUT2D eigenvalue weighted by Gasteiger charge is 2.26. The van der Waals surface area contributed by atoms with E-state index in [2.05, 4.69) is 0 Å². The molecule has 23 heavy (non-hydrogen) atoms. The molecule has 128 valence electrons. The van der Waals surface area contributed by atoms with Crippen molar-refractivity contribution in [2.45, 2.75) is 52.7 Å². The van der Waals surface area contributed by atoms with E-state index in [0.29, 0.717) is 18.5 Å². The van der Waals surface area contributed by atoms with Crippen LogP contribution < -0.4 is 0 Å². The van der Waals surface area contributed by atoms with Gasteiger partial charge >= 0.3 is 0 Å². The Morgan fingerprint density at radius 3 is 2.70 bits per heavy atom. The zero-order chi connectivity index (χ0) is 17.0. The molecule has 1 aliphatic rings. The maximum Gasteiger partial charge on any atom is 0.223 e. The van der Waals surface area contributed by atoms with Gasteiger partial charge in [-0.2, -0.15) is 0 Å². The van der Waals surface area contributed by atoms with Crippen LogP contribution in [0.4, 0.5) is 8.78 Å². The average molecular weight is 325 g/mol. The summed E-state index contributed by atoms with van der Waals surface area (Å²) in [7, 11) is 0. The van der Waals surface area contributed by atoms with E-state index >= 15 is 0 Å². The molecule has 0 radical (unpaired) electrons. The van der Waals surface area contributed by atoms with Crippen LogP contribution in [0.25, 0.3) is 0 Å². The molecule has 1 heterocycles. The third-order valence-corrected chi connectivity index (χ3v) is 3.88. The summed E-state index contributed by atoms with van der Waals surface area (Å²) in [6.45, 7) is 7.70. The zero-order valence-electron chi connectivity index (χ0n) is 14.1. The second-order valence-corrected chi connectivity index (χ2v) is 7.40. The molecule has 1 saturated heterocycles. The maximum absolute atomic E-state index is 13.2. The van der Waals surface area contributed by atoms with E-state index < -0.39 is 11.6 Å². The summed E-state index contributed by atoms with van der Waals surface area (Å²) in [5.41, 5.74) is 0.568. The molecule has 5 heteroatoms. The summed E-state index contributed by atoms with van der Waals surface area (Å²) in [6.07, 6.45) is 2.24. The van der Waals surface area contributed by atoms with Gasteiger partial charge in [0, 0.05) is 19.5 Å². The first-order chi connectivity index (χ1) is 10.7. The molecule has 0 unspecified atom stereocenters. The Morgan fingerprint density at radius 2 is 2.04 bits per heavy atom. The van der Waals surface area contributed by atoms with E-state index in [4.69, 9.17) is 4.74 Å². The van der Waals surface area contributed by atoms with Gasteiger partial charge in [0.25, 0.3) is 0 Å². The number of amides is 1. The highest BCUT2D eigenvalue weighted by molar-refractivity contribution is 5.76. The number of ether oxygens (including phenoxy) is 1. The van der Waals surface area contributed by atoms with Crippen molar-refractivity contribution in [2.24, 2.45) is 5.41 Å². The Balaban J connectivity index is 1.86. The van der Waals surface area contributed by atoms with E-state index in [0.717, 1.165) is 31.5 Å². The van der Waals surface area contributed by atoms with Crippen LogP contribution in [0.15, 0.2) is 18.2 Å². The molecule has 0 N–H and O–H groups in total. The second kappa shape index (κ2) is 7.39. The quantitative estimate of drug-likeness (QED) is 0.840. The van der Waals surface area contributed by atoms with E-state index in [1.807, 2.05) is 25.7 Å². The molecule has 0 bridgehead atoms. The highest BCUT2D eigenvalue weighted by Crippen LogP contribution is 2.22. The minimum absolute atomic E-state index is 0.0312. The van der Waals surface area contributed by atoms with Crippen molar-refractivity contribution in [3.8, 4) is 0 Å². The molecule has 0 aliphatic carbocycles. The summed E-state index contributed by atoms with van der Waals surface area (Å²) in [5.74, 6) is -1.57. The van der Waals surface area contributed by atoms with Crippen molar-refractivity contribution < 1.29 is 18.3 Å². The first-order valence-corrected chi connectivity index (χ1v) is 8.08. The van der Waals surface area contributed by atoms with Crippen LogP contribution in [0.2, 0.25) is 0 Å². The van der Waals surface area contributed by atoms with Gasteiger partial charge in [0.15, 0.2) is 11.6 Å². The number of carbonyl (C=O) groups is 1. The van der Waals surface area contributed by atoms with Gasteiger partial charge in [-0.1, -0.05) is 26.8 Å². The van der Waals surface area contributed by atoms with Crippen LogP contribution in [-0.4, -0.2) is 30.0 Å². The van der Waals surface area contributed by atoms with Crippen LogP contribution in [0.3, 0.4) is 0 Å². The predicted octanol–water partition coefficient (Wildman–Crippen LogP) is 3.91. The van der Waals surface area contributed by atoms with Gasteiger partial charge in [-0.3, -0.25) is 4.79 Å². The maximum atomic E-state index is 13.2. The van der Waals surface area contributed by atoms with Crippen molar-refractivity contribution >= 4 is 5.91 Å². The Hall–Kier alpha value is -1.49. The first-order valence-electron chi connectivity index (χ1n) is 8.08. The van der Waals surface area contributed by atoms with Crippen LogP contribution in [-0.2, 0) is 16.1 Å². The average Bonchev–Trinajstić information content (AvgIpc) is 2.47. The molecular formula is C18H25F2NO2. The normalized spacial score (nSPS) is 19.0. The van der Waals surface area contributed by atoms with Gasteiger partial charge in [0.2, 0.25) is 5.91 Å². The number of piperidine rings is 1. The van der Waals surface area contributed by atoms with Gasteiger partial charge < -0.3 is 9.64 Å². The van der Waals surface area contributed by atoms with Crippen LogP contribution in [0.5, 0.6) is 0 Å². The number of nitrogens with zero attached hydrogens (tertiary/aromatic N) is 1. The number of rotatable bonds is 4. The number of hydrogen-bond donors (Lipinski definition) is 0. The van der Waals surface area contributed by atoms with E-state index in [9.17, 15) is 13.6 Å². The predicted molar refractivity (Wildman–Crippen MR) is 84.8 cm³/mol. The van der Waals surface area contributed by atoms with Crippen molar-refractivity contribution in [1.82, 2.24) is 4.90 Å². The lowest BCUT2D eigenvalue weighted by molar-refractivity contribution is -0.137. The largest absolute Gasteiger partial charge is 0.372 e. The molecule has 0 aromatic heterocycles. The van der Waals surface area contributed by atoms with Crippen molar-refractivity contribution in [1.29, 1.82) is 0 Å². The summed E-state index contributed by atoms with van der Waals surface area (Å²) < 4.78 is 31.9. The number of benzene rings is 1. The highest BCUT2D eigenvalue weighted by atomic mass is 19.2. The number of likely N-dealkylation sites (tertiary alicyclic amines) is 1. The molecule has 1 fully saturated rings. The van der Waals surface area contributed by atoms with E-state index in [1.165, 1.54) is 6.07 Å². The molecule has 0 spiro atoms. The Kier molecular flexibility index (Phi) is 5.74. The standard InChI is InChI=1S/C18H25F2NO2/c1-18(2,3)10-17(22)21-8-4-5-14(11-21)23-12-13-6-7-15(19)16(20)9-13/h6-7,9,14H,4-5,8,10-12H2,1-3H3/t14-/m1/s1. The molecular weight excluding hydrogens is 300 g/mol. The second-order valence-electron chi connectivity index (χ2n) is 7.40. The van der Waals surface area contributed by atoms with E-state index in [-0.39, 0.29) is 24.0 Å². The molecule has 1 amide bonds. The molecule has 1 aromatic rings. The van der Waals surface area contributed by atoms with Crippen LogP contribution >= 0.6 is 0 Å². The molecule has 1 aliphatic heterocycles. The lowest BCUT2D eigenvalue weighted by Crippen LogP contribution is -2.44. The summed E-state index contributed by atoms with van der Waals surface area (Å²) >= 11 is 0. The number of halogens is 2. The van der Waals surface area contributed by atoms with Gasteiger partial charge in [-0.15, -0.1) is 0 Å². The van der Waals surface area contributed by atoms with Crippen molar-refractivity contribution in [2.75, 3.05) is 13.1 Å². The SMILES string of the molecule is CC(C)(C)CC(=O)N1CCC[C@@H](OCc2ccc(F)c(F)c2)C1. The minimum Gasteiger partial charge on any atom is -0.372 e. The van der Waals surface area contributed by atoms with Crippen molar-refractivity contribution in [3.63, 3.8) is 0 Å². The fourth-order valence-corrected chi connectivity index (χ4v) is 2.71. The third-order valence-electron chi connectivity index (χ3n) is 3.88. The fourth-order valence-electron chi connectivity index (χ4n) is 2.71. The fraction of sp³-hybridized carbons (Fsp3) is 0.611. The smallest absolute Gasteiger partial charge is 0.223 e. The Morgan fingerprint density at radius 1 is 1.30 bits per heavy atom. The summed E-state index contributed by atoms with van der Waals surface area (Å²) in [6, 6.07) is 3.78. The van der Waals surface area contributed by atoms with Crippen LogP contribution in [0, 0.1) is 17.0 Å². The van der Waals surface area contributed by atoms with Gasteiger partial charge in [-0.25, -0.2) is 8.78 Å². The Bertz CT molecular complexity index is 554. The van der Waals surface area contributed by atoms with Crippen LogP contribution in [0.1, 0.15) is 45.6 Å². The summed E-state index contributed by atoms with van der Waals surface area (Å²) in [4.78, 5) is 14.1. The molecule has 0 saturated carbocycles. The number of hydrogen-bond acceptors (Lipinski definition) is 2. The summed E-state index contributed by atoms with van der Waals surface area (Å²) in [5, 5.41) is 0. The lowest BCUT2D eigenvalue weighted by Gasteiger charge is -2.34. The third kappa shape index (κ3) is 5.57. The monoisotopic (exact) mass is 325 g/mol. The lowest BCUT2D eigenvalue weighted by atomic mass is 9.91. The van der Waals surface area contributed by atoms with Gasteiger partial charge in [-0.05, 0) is 36.0 Å².